The molecule has 1 aliphatic rings. The van der Waals surface area contributed by atoms with Crippen LogP contribution >= 0.6 is 0 Å². The van der Waals surface area contributed by atoms with Gasteiger partial charge < -0.3 is 14.8 Å². The predicted molar refractivity (Wildman–Crippen MR) is 105 cm³/mol. The summed E-state index contributed by atoms with van der Waals surface area (Å²) < 4.78 is 10.3. The number of carbonyl (C=O) groups excluding carboxylic acids is 2. The summed E-state index contributed by atoms with van der Waals surface area (Å²) in [5, 5.41) is 13.9. The van der Waals surface area contributed by atoms with Crippen molar-refractivity contribution in [2.45, 2.75) is 38.3 Å². The average Bonchev–Trinajstić information content (AvgIpc) is 2.73. The Labute approximate surface area is 168 Å². The fourth-order valence-electron chi connectivity index (χ4n) is 3.44. The van der Waals surface area contributed by atoms with Crippen molar-refractivity contribution in [3.63, 3.8) is 0 Å². The van der Waals surface area contributed by atoms with E-state index in [1.54, 1.807) is 0 Å². The minimum atomic E-state index is -1.07. The Bertz CT molecular complexity index is 943. The molecule has 152 valence electrons. The number of nitro groups is 1. The standard InChI is InChI=1S/C21H22N2O6/c1-13(20(24)22-18-9-5-7-14-6-3-4-8-16(14)18)29-21(25)17-12-15(23(26)27)10-11-19(17)28-2/h3-4,6,8,10-13,18H,5,7,9H2,1-2H3,(H,22,24)/t13-,18+/m0/s1. The highest BCUT2D eigenvalue weighted by Gasteiger charge is 2.27. The number of fused-ring (bicyclic) bond motifs is 1. The number of carbonyl (C=O) groups is 2. The van der Waals surface area contributed by atoms with Crippen molar-refractivity contribution < 1.29 is 24.0 Å². The molecule has 1 amide bonds. The van der Waals surface area contributed by atoms with Gasteiger partial charge in [0.2, 0.25) is 0 Å². The second-order valence-electron chi connectivity index (χ2n) is 6.84. The maximum atomic E-state index is 12.6. The molecule has 29 heavy (non-hydrogen) atoms. The quantitative estimate of drug-likeness (QED) is 0.454. The molecule has 1 N–H and O–H groups in total. The van der Waals surface area contributed by atoms with Gasteiger partial charge in [-0.15, -0.1) is 0 Å². The van der Waals surface area contributed by atoms with Crippen LogP contribution in [0.4, 0.5) is 5.69 Å². The molecule has 0 unspecified atom stereocenters. The molecule has 0 spiro atoms. The van der Waals surface area contributed by atoms with Crippen LogP contribution in [0.5, 0.6) is 5.75 Å². The van der Waals surface area contributed by atoms with Crippen molar-refractivity contribution in [3.05, 3.63) is 69.3 Å². The third kappa shape index (κ3) is 4.53. The number of benzene rings is 2. The number of rotatable bonds is 6. The van der Waals surface area contributed by atoms with Gasteiger partial charge in [-0.3, -0.25) is 14.9 Å². The van der Waals surface area contributed by atoms with Crippen molar-refractivity contribution in [1.29, 1.82) is 0 Å². The maximum Gasteiger partial charge on any atom is 0.342 e. The van der Waals surface area contributed by atoms with Crippen LogP contribution in [-0.2, 0) is 16.0 Å². The van der Waals surface area contributed by atoms with Crippen LogP contribution in [0.2, 0.25) is 0 Å². The Hall–Kier alpha value is -3.42. The van der Waals surface area contributed by atoms with Gasteiger partial charge in [0.1, 0.15) is 11.3 Å². The van der Waals surface area contributed by atoms with Crippen molar-refractivity contribution in [3.8, 4) is 5.75 Å². The highest BCUT2D eigenvalue weighted by molar-refractivity contribution is 5.95. The van der Waals surface area contributed by atoms with E-state index in [-0.39, 0.29) is 23.0 Å². The van der Waals surface area contributed by atoms with E-state index in [0.717, 1.165) is 30.9 Å². The predicted octanol–water partition coefficient (Wildman–Crippen LogP) is 3.34. The summed E-state index contributed by atoms with van der Waals surface area (Å²) in [7, 11) is 1.34. The molecule has 0 saturated carbocycles. The Kier molecular flexibility index (Phi) is 6.11. The molecule has 0 fully saturated rings. The highest BCUT2D eigenvalue weighted by Crippen LogP contribution is 2.30. The van der Waals surface area contributed by atoms with E-state index in [9.17, 15) is 19.7 Å². The fraction of sp³-hybridized carbons (Fsp3) is 0.333. The lowest BCUT2D eigenvalue weighted by molar-refractivity contribution is -0.384. The number of methoxy groups -OCH3 is 1. The molecule has 3 rings (SSSR count). The van der Waals surface area contributed by atoms with E-state index < -0.39 is 22.9 Å². The molecule has 0 heterocycles. The lowest BCUT2D eigenvalue weighted by Crippen LogP contribution is -2.39. The van der Waals surface area contributed by atoms with Crippen LogP contribution < -0.4 is 10.1 Å². The molecule has 0 radical (unpaired) electrons. The first-order valence-electron chi connectivity index (χ1n) is 9.32. The summed E-state index contributed by atoms with van der Waals surface area (Å²) in [6.07, 6.45) is 1.67. The number of amides is 1. The molecule has 0 bridgehead atoms. The molecule has 2 aromatic rings. The fourth-order valence-corrected chi connectivity index (χ4v) is 3.44. The summed E-state index contributed by atoms with van der Waals surface area (Å²) in [5.74, 6) is -1.16. The number of nitro benzene ring substituents is 1. The molecule has 2 atom stereocenters. The number of esters is 1. The average molecular weight is 398 g/mol. The third-order valence-electron chi connectivity index (χ3n) is 4.95. The molecule has 2 aromatic carbocycles. The molecular formula is C21H22N2O6. The number of hydrogen-bond acceptors (Lipinski definition) is 6. The third-order valence-corrected chi connectivity index (χ3v) is 4.95. The van der Waals surface area contributed by atoms with Gasteiger partial charge in [0.25, 0.3) is 11.6 Å². The minimum absolute atomic E-state index is 0.107. The van der Waals surface area contributed by atoms with Crippen molar-refractivity contribution in [2.75, 3.05) is 7.11 Å². The van der Waals surface area contributed by atoms with Crippen LogP contribution in [0.3, 0.4) is 0 Å². The summed E-state index contributed by atoms with van der Waals surface area (Å²) in [5.41, 5.74) is 1.90. The Morgan fingerprint density at radius 1 is 1.24 bits per heavy atom. The van der Waals surface area contributed by atoms with Gasteiger partial charge in [0, 0.05) is 12.1 Å². The van der Waals surface area contributed by atoms with Gasteiger partial charge >= 0.3 is 5.97 Å². The minimum Gasteiger partial charge on any atom is -0.496 e. The van der Waals surface area contributed by atoms with Gasteiger partial charge in [0.15, 0.2) is 6.10 Å². The first-order valence-corrected chi connectivity index (χ1v) is 9.32. The van der Waals surface area contributed by atoms with Gasteiger partial charge in [-0.2, -0.15) is 0 Å². The van der Waals surface area contributed by atoms with Gasteiger partial charge in [-0.25, -0.2) is 4.79 Å². The summed E-state index contributed by atoms with van der Waals surface area (Å²) in [6.45, 7) is 1.46. The normalized spacial score (nSPS) is 16.3. The Balaban J connectivity index is 1.70. The van der Waals surface area contributed by atoms with Crippen LogP contribution in [-0.4, -0.2) is 30.0 Å². The summed E-state index contributed by atoms with van der Waals surface area (Å²) >= 11 is 0. The topological polar surface area (TPSA) is 108 Å². The molecule has 8 heteroatoms. The smallest absolute Gasteiger partial charge is 0.342 e. The van der Waals surface area contributed by atoms with E-state index >= 15 is 0 Å². The molecule has 8 nitrogen and oxygen atoms in total. The largest absolute Gasteiger partial charge is 0.496 e. The SMILES string of the molecule is COc1ccc([N+](=O)[O-])cc1C(=O)O[C@@H](C)C(=O)N[C@@H]1CCCc2ccccc21. The van der Waals surface area contributed by atoms with Crippen LogP contribution in [0.25, 0.3) is 0 Å². The summed E-state index contributed by atoms with van der Waals surface area (Å²) in [4.78, 5) is 35.4. The van der Waals surface area contributed by atoms with Crippen LogP contribution in [0.15, 0.2) is 42.5 Å². The Morgan fingerprint density at radius 3 is 2.72 bits per heavy atom. The molecule has 0 aliphatic heterocycles. The van der Waals surface area contributed by atoms with E-state index in [1.807, 2.05) is 24.3 Å². The zero-order valence-electron chi connectivity index (χ0n) is 16.2. The van der Waals surface area contributed by atoms with Gasteiger partial charge in [-0.1, -0.05) is 24.3 Å². The van der Waals surface area contributed by atoms with Crippen molar-refractivity contribution in [2.24, 2.45) is 0 Å². The molecule has 0 saturated heterocycles. The first-order chi connectivity index (χ1) is 13.9. The van der Waals surface area contributed by atoms with Crippen LogP contribution in [0.1, 0.15) is 47.3 Å². The number of ether oxygens (including phenoxy) is 2. The molecule has 0 aromatic heterocycles. The second-order valence-corrected chi connectivity index (χ2v) is 6.84. The highest BCUT2D eigenvalue weighted by atomic mass is 16.6. The second kappa shape index (κ2) is 8.72. The van der Waals surface area contributed by atoms with Gasteiger partial charge in [-0.05, 0) is 43.4 Å². The lowest BCUT2D eigenvalue weighted by atomic mass is 9.87. The maximum absolute atomic E-state index is 12.6. The van der Waals surface area contributed by atoms with E-state index in [4.69, 9.17) is 9.47 Å². The first kappa shape index (κ1) is 20.3. The zero-order valence-corrected chi connectivity index (χ0v) is 16.2. The monoisotopic (exact) mass is 398 g/mol. The lowest BCUT2D eigenvalue weighted by Gasteiger charge is -2.27. The van der Waals surface area contributed by atoms with E-state index in [0.29, 0.717) is 0 Å². The van der Waals surface area contributed by atoms with Crippen molar-refractivity contribution in [1.82, 2.24) is 5.32 Å². The number of non-ortho nitro benzene ring substituents is 1. The van der Waals surface area contributed by atoms with Crippen molar-refractivity contribution >= 4 is 17.6 Å². The number of aryl methyl sites for hydroxylation is 1. The molecular weight excluding hydrogens is 376 g/mol. The zero-order chi connectivity index (χ0) is 21.0. The van der Waals surface area contributed by atoms with Crippen LogP contribution in [0, 0.1) is 10.1 Å². The molecule has 1 aliphatic carbocycles. The number of hydrogen-bond donors (Lipinski definition) is 1. The Morgan fingerprint density at radius 2 is 2.00 bits per heavy atom. The van der Waals surface area contributed by atoms with E-state index in [1.165, 1.54) is 31.7 Å². The van der Waals surface area contributed by atoms with E-state index in [2.05, 4.69) is 5.32 Å². The number of nitrogens with one attached hydrogen (secondary N) is 1. The van der Waals surface area contributed by atoms with Gasteiger partial charge in [0.05, 0.1) is 18.1 Å². The summed E-state index contributed by atoms with van der Waals surface area (Å²) in [6, 6.07) is 11.4. The number of nitrogens with zero attached hydrogens (tertiary/aromatic N) is 1.